The molecule has 7 nitrogen and oxygen atoms in total. The van der Waals surface area contributed by atoms with E-state index in [1.165, 1.54) is 0 Å². The molecule has 0 bridgehead atoms. The topological polar surface area (TPSA) is 74.4 Å². The number of anilines is 1. The predicted molar refractivity (Wildman–Crippen MR) is 117 cm³/mol. The van der Waals surface area contributed by atoms with Gasteiger partial charge in [-0.25, -0.2) is 9.97 Å². The van der Waals surface area contributed by atoms with E-state index in [1.54, 1.807) is 6.20 Å². The summed E-state index contributed by atoms with van der Waals surface area (Å²) in [6.07, 6.45) is 3.35. The zero-order valence-corrected chi connectivity index (χ0v) is 17.4. The summed E-state index contributed by atoms with van der Waals surface area (Å²) in [5, 5.41) is 0.565. The molecule has 2 aromatic heterocycles. The number of nitrogens with one attached hydrogen (secondary N) is 1. The van der Waals surface area contributed by atoms with Gasteiger partial charge >= 0.3 is 0 Å². The van der Waals surface area contributed by atoms with E-state index in [4.69, 9.17) is 16.3 Å². The third-order valence-electron chi connectivity index (χ3n) is 5.98. The molecule has 1 aromatic carbocycles. The van der Waals surface area contributed by atoms with Gasteiger partial charge in [0.15, 0.2) is 0 Å². The lowest BCUT2D eigenvalue weighted by atomic mass is 9.95. The molecule has 2 saturated heterocycles. The molecule has 4 heterocycles. The van der Waals surface area contributed by atoms with Crippen LogP contribution in [0.2, 0.25) is 5.02 Å². The van der Waals surface area contributed by atoms with Crippen molar-refractivity contribution in [3.63, 3.8) is 0 Å². The maximum absolute atomic E-state index is 12.8. The minimum absolute atomic E-state index is 0.0847. The maximum Gasteiger partial charge on any atom is 0.225 e. The monoisotopic (exact) mass is 425 g/mol. The molecule has 1 N–H and O–H groups in total. The van der Waals surface area contributed by atoms with Crippen LogP contribution < -0.4 is 4.90 Å². The second kappa shape index (κ2) is 8.24. The number of rotatable bonds is 3. The molecule has 3 aromatic rings. The Morgan fingerprint density at radius 1 is 1.13 bits per heavy atom. The Morgan fingerprint density at radius 2 is 1.90 bits per heavy atom. The van der Waals surface area contributed by atoms with Gasteiger partial charge in [0.25, 0.3) is 0 Å². The Bertz CT molecular complexity index is 1020. The van der Waals surface area contributed by atoms with Gasteiger partial charge < -0.3 is 19.5 Å². The molecule has 0 unspecified atom stereocenters. The fraction of sp³-hybridized carbons (Fsp3) is 0.409. The summed E-state index contributed by atoms with van der Waals surface area (Å²) < 4.78 is 5.36. The number of imidazole rings is 1. The van der Waals surface area contributed by atoms with Crippen LogP contribution in [0.5, 0.6) is 0 Å². The van der Waals surface area contributed by atoms with Crippen LogP contribution in [-0.2, 0) is 9.53 Å². The van der Waals surface area contributed by atoms with E-state index in [2.05, 4.69) is 19.9 Å². The van der Waals surface area contributed by atoms with Gasteiger partial charge in [-0.2, -0.15) is 0 Å². The van der Waals surface area contributed by atoms with Crippen molar-refractivity contribution in [3.05, 3.63) is 41.6 Å². The molecule has 0 spiro atoms. The number of carbonyl (C=O) groups is 1. The van der Waals surface area contributed by atoms with Gasteiger partial charge in [0, 0.05) is 43.9 Å². The second-order valence-corrected chi connectivity index (χ2v) is 8.23. The molecule has 8 heteroatoms. The van der Waals surface area contributed by atoms with Crippen molar-refractivity contribution in [1.82, 2.24) is 19.9 Å². The van der Waals surface area contributed by atoms with Crippen molar-refractivity contribution >= 4 is 34.4 Å². The van der Waals surface area contributed by atoms with Crippen LogP contribution in [0.25, 0.3) is 22.4 Å². The first kappa shape index (κ1) is 19.3. The normalized spacial score (nSPS) is 18.2. The second-order valence-electron chi connectivity index (χ2n) is 7.82. The minimum atomic E-state index is 0.0847. The standard InChI is InChI=1S/C22H24ClN5O2/c23-17-14-24-20(13-16(17)21-25-18-3-1-2-4-19(18)26-21)27-7-5-15(6-8-27)22(29)28-9-11-30-12-10-28/h1-4,13-15H,5-12H2,(H,25,26). The molecular weight excluding hydrogens is 402 g/mol. The molecule has 2 aliphatic rings. The van der Waals surface area contributed by atoms with Gasteiger partial charge in [-0.3, -0.25) is 4.79 Å². The number of halogens is 1. The summed E-state index contributed by atoms with van der Waals surface area (Å²) in [6.45, 7) is 4.30. The minimum Gasteiger partial charge on any atom is -0.378 e. The first-order valence-corrected chi connectivity index (χ1v) is 10.8. The average Bonchev–Trinajstić information content (AvgIpc) is 3.24. The molecule has 2 fully saturated rings. The van der Waals surface area contributed by atoms with Crippen molar-refractivity contribution in [3.8, 4) is 11.4 Å². The summed E-state index contributed by atoms with van der Waals surface area (Å²) in [7, 11) is 0. The molecule has 2 aliphatic heterocycles. The first-order chi connectivity index (χ1) is 14.7. The number of hydrogen-bond acceptors (Lipinski definition) is 5. The zero-order valence-electron chi connectivity index (χ0n) is 16.7. The van der Waals surface area contributed by atoms with Crippen LogP contribution in [-0.4, -0.2) is 65.2 Å². The van der Waals surface area contributed by atoms with E-state index in [9.17, 15) is 4.79 Å². The summed E-state index contributed by atoms with van der Waals surface area (Å²) in [5.74, 6) is 1.96. The number of hydrogen-bond donors (Lipinski definition) is 1. The van der Waals surface area contributed by atoms with E-state index in [1.807, 2.05) is 35.2 Å². The SMILES string of the molecule is O=C(C1CCN(c2cc(-c3nc4ccccc4[nH]3)c(Cl)cn2)CC1)N1CCOCC1. The van der Waals surface area contributed by atoms with Gasteiger partial charge in [0.2, 0.25) is 5.91 Å². The number of amides is 1. The number of morpholine rings is 1. The molecular formula is C22H24ClN5O2. The Morgan fingerprint density at radius 3 is 2.67 bits per heavy atom. The largest absolute Gasteiger partial charge is 0.378 e. The summed E-state index contributed by atoms with van der Waals surface area (Å²) in [5.41, 5.74) is 2.72. The fourth-order valence-corrected chi connectivity index (χ4v) is 4.45. The number of nitrogens with zero attached hydrogens (tertiary/aromatic N) is 4. The van der Waals surface area contributed by atoms with Crippen molar-refractivity contribution in [2.24, 2.45) is 5.92 Å². The quantitative estimate of drug-likeness (QED) is 0.696. The Hall–Kier alpha value is -2.64. The Kier molecular flexibility index (Phi) is 5.31. The van der Waals surface area contributed by atoms with E-state index in [-0.39, 0.29) is 11.8 Å². The molecule has 0 atom stereocenters. The smallest absolute Gasteiger partial charge is 0.225 e. The van der Waals surface area contributed by atoms with E-state index < -0.39 is 0 Å². The number of pyridine rings is 1. The average molecular weight is 426 g/mol. The van der Waals surface area contributed by atoms with Crippen LogP contribution >= 0.6 is 11.6 Å². The number of carbonyl (C=O) groups excluding carboxylic acids is 1. The van der Waals surface area contributed by atoms with Crippen molar-refractivity contribution in [1.29, 1.82) is 0 Å². The van der Waals surface area contributed by atoms with Gasteiger partial charge in [0.05, 0.1) is 29.3 Å². The van der Waals surface area contributed by atoms with Crippen molar-refractivity contribution in [2.45, 2.75) is 12.8 Å². The van der Waals surface area contributed by atoms with Crippen LogP contribution in [0.1, 0.15) is 12.8 Å². The van der Waals surface area contributed by atoms with Gasteiger partial charge in [-0.1, -0.05) is 23.7 Å². The highest BCUT2D eigenvalue weighted by molar-refractivity contribution is 6.33. The number of fused-ring (bicyclic) bond motifs is 1. The highest BCUT2D eigenvalue weighted by Gasteiger charge is 2.30. The van der Waals surface area contributed by atoms with Gasteiger partial charge in [0.1, 0.15) is 11.6 Å². The third kappa shape index (κ3) is 3.75. The molecule has 0 aliphatic carbocycles. The Balaban J connectivity index is 1.31. The summed E-state index contributed by atoms with van der Waals surface area (Å²) in [4.78, 5) is 29.5. The number of H-pyrrole nitrogens is 1. The summed E-state index contributed by atoms with van der Waals surface area (Å²) in [6, 6.07) is 9.91. The van der Waals surface area contributed by atoms with Crippen molar-refractivity contribution in [2.75, 3.05) is 44.3 Å². The first-order valence-electron chi connectivity index (χ1n) is 10.4. The maximum atomic E-state index is 12.8. The van der Waals surface area contributed by atoms with E-state index in [0.717, 1.165) is 54.2 Å². The summed E-state index contributed by atoms with van der Waals surface area (Å²) >= 11 is 6.45. The van der Waals surface area contributed by atoms with Crippen LogP contribution in [0.3, 0.4) is 0 Å². The number of piperidine rings is 1. The third-order valence-corrected chi connectivity index (χ3v) is 6.28. The fourth-order valence-electron chi connectivity index (χ4n) is 4.26. The van der Waals surface area contributed by atoms with Gasteiger partial charge in [-0.05, 0) is 31.0 Å². The molecule has 1 amide bonds. The molecule has 0 saturated carbocycles. The van der Waals surface area contributed by atoms with Crippen molar-refractivity contribution < 1.29 is 9.53 Å². The van der Waals surface area contributed by atoms with Crippen LogP contribution in [0.4, 0.5) is 5.82 Å². The molecule has 30 heavy (non-hydrogen) atoms. The molecule has 0 radical (unpaired) electrons. The number of benzene rings is 1. The van der Waals surface area contributed by atoms with Crippen LogP contribution in [0, 0.1) is 5.92 Å². The number of para-hydroxylation sites is 2. The molecule has 5 rings (SSSR count). The van der Waals surface area contributed by atoms with Gasteiger partial charge in [-0.15, -0.1) is 0 Å². The lowest BCUT2D eigenvalue weighted by Gasteiger charge is -2.36. The van der Waals surface area contributed by atoms with Crippen LogP contribution in [0.15, 0.2) is 36.5 Å². The predicted octanol–water partition coefficient (Wildman–Crippen LogP) is 3.35. The highest BCUT2D eigenvalue weighted by atomic mass is 35.5. The lowest BCUT2D eigenvalue weighted by molar-refractivity contribution is -0.140. The molecule has 156 valence electrons. The van der Waals surface area contributed by atoms with E-state index >= 15 is 0 Å². The number of aromatic nitrogens is 3. The number of aromatic amines is 1. The highest BCUT2D eigenvalue weighted by Crippen LogP contribution is 2.31. The lowest BCUT2D eigenvalue weighted by Crippen LogP contribution is -2.46. The Labute approximate surface area is 180 Å². The number of ether oxygens (including phenoxy) is 1. The zero-order chi connectivity index (χ0) is 20.5. The van der Waals surface area contributed by atoms with E-state index in [0.29, 0.717) is 31.3 Å².